The maximum absolute atomic E-state index is 10.9. The standard InChI is InChI=1S/C10H12BrN3O2S2/c1-18(15,16)13-5-4-12-10-14-8-3-2-7(11)6-9(8)17-10/h2-3,6,13H,4-5H2,1H3,(H,12,14). The average Bonchev–Trinajstić information content (AvgIpc) is 2.65. The number of benzene rings is 1. The van der Waals surface area contributed by atoms with Crippen molar-refractivity contribution in [2.24, 2.45) is 0 Å². The van der Waals surface area contributed by atoms with Gasteiger partial charge in [-0.3, -0.25) is 0 Å². The number of anilines is 1. The summed E-state index contributed by atoms with van der Waals surface area (Å²) < 4.78 is 26.2. The maximum atomic E-state index is 10.9. The third kappa shape index (κ3) is 3.91. The Kier molecular flexibility index (Phi) is 4.21. The van der Waals surface area contributed by atoms with Gasteiger partial charge in [0.1, 0.15) is 0 Å². The highest BCUT2D eigenvalue weighted by molar-refractivity contribution is 9.10. The van der Waals surface area contributed by atoms with Crippen LogP contribution in [-0.4, -0.2) is 32.7 Å². The van der Waals surface area contributed by atoms with Gasteiger partial charge in [0.15, 0.2) is 5.13 Å². The van der Waals surface area contributed by atoms with Crippen LogP contribution in [0.25, 0.3) is 10.2 Å². The first-order chi connectivity index (χ1) is 8.44. The maximum Gasteiger partial charge on any atom is 0.208 e. The number of hydrogen-bond donors (Lipinski definition) is 2. The third-order valence-corrected chi connectivity index (χ3v) is 4.31. The molecular formula is C10H12BrN3O2S2. The van der Waals surface area contributed by atoms with Gasteiger partial charge in [-0.25, -0.2) is 18.1 Å². The van der Waals surface area contributed by atoms with Gasteiger partial charge in [0, 0.05) is 17.6 Å². The van der Waals surface area contributed by atoms with Crippen LogP contribution in [0, 0.1) is 0 Å². The second-order valence-corrected chi connectivity index (χ2v) is 7.50. The fourth-order valence-corrected chi connectivity index (χ4v) is 3.30. The van der Waals surface area contributed by atoms with Gasteiger partial charge in [-0.2, -0.15) is 0 Å². The van der Waals surface area contributed by atoms with Crippen LogP contribution in [0.2, 0.25) is 0 Å². The van der Waals surface area contributed by atoms with E-state index in [0.717, 1.165) is 26.1 Å². The van der Waals surface area contributed by atoms with Gasteiger partial charge in [0.25, 0.3) is 0 Å². The predicted octanol–water partition coefficient (Wildman–Crippen LogP) is 2.02. The summed E-state index contributed by atoms with van der Waals surface area (Å²) in [6.45, 7) is 0.854. The molecule has 0 radical (unpaired) electrons. The van der Waals surface area contributed by atoms with Crippen molar-refractivity contribution in [3.8, 4) is 0 Å². The van der Waals surface area contributed by atoms with Crippen molar-refractivity contribution in [1.29, 1.82) is 0 Å². The Morgan fingerprint density at radius 2 is 2.17 bits per heavy atom. The van der Waals surface area contributed by atoms with Gasteiger partial charge < -0.3 is 5.32 Å². The Morgan fingerprint density at radius 3 is 2.89 bits per heavy atom. The van der Waals surface area contributed by atoms with Crippen molar-refractivity contribution in [3.63, 3.8) is 0 Å². The SMILES string of the molecule is CS(=O)(=O)NCCNc1nc2ccc(Br)cc2s1. The Bertz CT molecular complexity index is 654. The van der Waals surface area contributed by atoms with E-state index < -0.39 is 10.0 Å². The number of hydrogen-bond acceptors (Lipinski definition) is 5. The zero-order valence-electron chi connectivity index (χ0n) is 9.60. The van der Waals surface area contributed by atoms with Gasteiger partial charge in [-0.1, -0.05) is 27.3 Å². The molecule has 1 aromatic carbocycles. The van der Waals surface area contributed by atoms with Crippen LogP contribution < -0.4 is 10.0 Å². The minimum absolute atomic E-state index is 0.346. The number of nitrogens with one attached hydrogen (secondary N) is 2. The summed E-state index contributed by atoms with van der Waals surface area (Å²) >= 11 is 4.95. The molecule has 1 heterocycles. The second kappa shape index (κ2) is 5.52. The van der Waals surface area contributed by atoms with Crippen LogP contribution in [0.3, 0.4) is 0 Å². The van der Waals surface area contributed by atoms with E-state index >= 15 is 0 Å². The molecule has 0 aliphatic heterocycles. The lowest BCUT2D eigenvalue weighted by Crippen LogP contribution is -2.27. The summed E-state index contributed by atoms with van der Waals surface area (Å²) in [7, 11) is -3.12. The van der Waals surface area contributed by atoms with Crippen molar-refractivity contribution in [3.05, 3.63) is 22.7 Å². The second-order valence-electron chi connectivity index (χ2n) is 3.72. The van der Waals surface area contributed by atoms with Crippen molar-refractivity contribution in [2.75, 3.05) is 24.7 Å². The smallest absolute Gasteiger partial charge is 0.208 e. The van der Waals surface area contributed by atoms with E-state index in [9.17, 15) is 8.42 Å². The lowest BCUT2D eigenvalue weighted by Gasteiger charge is -2.02. The van der Waals surface area contributed by atoms with Gasteiger partial charge in [0.05, 0.1) is 16.5 Å². The normalized spacial score (nSPS) is 11.9. The molecular weight excluding hydrogens is 338 g/mol. The van der Waals surface area contributed by atoms with Crippen LogP contribution in [0.4, 0.5) is 5.13 Å². The molecule has 0 aliphatic rings. The fourth-order valence-electron chi connectivity index (χ4n) is 1.38. The summed E-state index contributed by atoms with van der Waals surface area (Å²) in [4.78, 5) is 4.40. The minimum atomic E-state index is -3.12. The minimum Gasteiger partial charge on any atom is -0.360 e. The van der Waals surface area contributed by atoms with Crippen molar-refractivity contribution < 1.29 is 8.42 Å². The summed E-state index contributed by atoms with van der Waals surface area (Å²) in [5.41, 5.74) is 0.932. The van der Waals surface area contributed by atoms with E-state index in [1.165, 1.54) is 11.3 Å². The van der Waals surface area contributed by atoms with Crippen LogP contribution >= 0.6 is 27.3 Å². The molecule has 0 saturated heterocycles. The summed E-state index contributed by atoms with van der Waals surface area (Å²) in [6, 6.07) is 5.89. The Morgan fingerprint density at radius 1 is 1.39 bits per heavy atom. The highest BCUT2D eigenvalue weighted by atomic mass is 79.9. The summed E-state index contributed by atoms with van der Waals surface area (Å²) in [5, 5.41) is 3.88. The molecule has 98 valence electrons. The number of thiazole rings is 1. The molecule has 8 heteroatoms. The number of nitrogens with zero attached hydrogens (tertiary/aromatic N) is 1. The molecule has 0 fully saturated rings. The van der Waals surface area contributed by atoms with E-state index in [1.807, 2.05) is 18.2 Å². The highest BCUT2D eigenvalue weighted by Crippen LogP contribution is 2.28. The molecule has 0 saturated carbocycles. The topological polar surface area (TPSA) is 71.1 Å². The molecule has 1 aromatic heterocycles. The molecule has 2 N–H and O–H groups in total. The third-order valence-electron chi connectivity index (χ3n) is 2.12. The van der Waals surface area contributed by atoms with Crippen molar-refractivity contribution >= 4 is 52.6 Å². The monoisotopic (exact) mass is 349 g/mol. The largest absolute Gasteiger partial charge is 0.360 e. The predicted molar refractivity (Wildman–Crippen MR) is 78.7 cm³/mol. The van der Waals surface area contributed by atoms with E-state index in [2.05, 4.69) is 31.0 Å². The summed E-state index contributed by atoms with van der Waals surface area (Å²) in [5.74, 6) is 0. The molecule has 2 aromatic rings. The lowest BCUT2D eigenvalue weighted by atomic mass is 10.3. The first kappa shape index (κ1) is 13.7. The number of halogens is 1. The van der Waals surface area contributed by atoms with E-state index in [-0.39, 0.29) is 0 Å². The van der Waals surface area contributed by atoms with Crippen LogP contribution in [0.1, 0.15) is 0 Å². The number of sulfonamides is 1. The Balaban J connectivity index is 1.96. The summed E-state index contributed by atoms with van der Waals surface area (Å²) in [6.07, 6.45) is 1.14. The van der Waals surface area contributed by atoms with Crippen molar-refractivity contribution in [2.45, 2.75) is 0 Å². The van der Waals surface area contributed by atoms with Gasteiger partial charge >= 0.3 is 0 Å². The van der Waals surface area contributed by atoms with Crippen LogP contribution in [-0.2, 0) is 10.0 Å². The highest BCUT2D eigenvalue weighted by Gasteiger charge is 2.04. The molecule has 0 amide bonds. The number of rotatable bonds is 5. The number of aromatic nitrogens is 1. The van der Waals surface area contributed by atoms with Gasteiger partial charge in [0.2, 0.25) is 10.0 Å². The zero-order chi connectivity index (χ0) is 13.2. The zero-order valence-corrected chi connectivity index (χ0v) is 12.8. The molecule has 5 nitrogen and oxygen atoms in total. The molecule has 0 spiro atoms. The van der Waals surface area contributed by atoms with Gasteiger partial charge in [-0.15, -0.1) is 0 Å². The van der Waals surface area contributed by atoms with E-state index in [0.29, 0.717) is 13.1 Å². The molecule has 18 heavy (non-hydrogen) atoms. The van der Waals surface area contributed by atoms with Crippen LogP contribution in [0.5, 0.6) is 0 Å². The van der Waals surface area contributed by atoms with E-state index in [1.54, 1.807) is 0 Å². The molecule has 2 rings (SSSR count). The Labute approximate surface area is 118 Å². The average molecular weight is 350 g/mol. The molecule has 0 aliphatic carbocycles. The molecule has 0 unspecified atom stereocenters. The number of fused-ring (bicyclic) bond motifs is 1. The molecule has 0 atom stereocenters. The van der Waals surface area contributed by atoms with Gasteiger partial charge in [-0.05, 0) is 18.2 Å². The molecule has 0 bridgehead atoms. The van der Waals surface area contributed by atoms with E-state index in [4.69, 9.17) is 0 Å². The fraction of sp³-hybridized carbons (Fsp3) is 0.300. The quantitative estimate of drug-likeness (QED) is 0.810. The van der Waals surface area contributed by atoms with Crippen LogP contribution in [0.15, 0.2) is 22.7 Å². The first-order valence-electron chi connectivity index (χ1n) is 5.19. The first-order valence-corrected chi connectivity index (χ1v) is 8.69. The van der Waals surface area contributed by atoms with Crippen molar-refractivity contribution in [1.82, 2.24) is 9.71 Å². The lowest BCUT2D eigenvalue weighted by molar-refractivity contribution is 0.589. The Hall–Kier alpha value is -0.700.